The maximum atomic E-state index is 11.6. The maximum Gasteiger partial charge on any atom is 0.259 e. The highest BCUT2D eigenvalue weighted by atomic mass is 32.2. The van der Waals surface area contributed by atoms with Crippen molar-refractivity contribution in [1.29, 1.82) is 0 Å². The van der Waals surface area contributed by atoms with Crippen LogP contribution in [-0.4, -0.2) is 192 Å². The highest BCUT2D eigenvalue weighted by Crippen LogP contribution is 2.59. The minimum absolute atomic E-state index is 0.00400. The Morgan fingerprint density at radius 1 is 0.381 bits per heavy atom. The van der Waals surface area contributed by atoms with E-state index in [1.54, 1.807) is 98.1 Å². The Bertz CT molecular complexity index is 6410. The van der Waals surface area contributed by atoms with E-state index in [1.807, 2.05) is 77.3 Å². The number of amidine groups is 7. The van der Waals surface area contributed by atoms with Gasteiger partial charge in [0.15, 0.2) is 0 Å². The van der Waals surface area contributed by atoms with E-state index in [4.69, 9.17) is 79.0 Å². The first kappa shape index (κ1) is 107. The van der Waals surface area contributed by atoms with Crippen molar-refractivity contribution in [2.24, 2.45) is 82.1 Å². The van der Waals surface area contributed by atoms with Crippen LogP contribution in [0.25, 0.3) is 0 Å². The van der Waals surface area contributed by atoms with E-state index in [2.05, 4.69) is 56.5 Å². The fourth-order valence-corrected chi connectivity index (χ4v) is 22.7. The molecule has 0 radical (unpaired) electrons. The molecule has 134 heavy (non-hydrogen) atoms. The first-order valence-electron chi connectivity index (χ1n) is 43.3. The van der Waals surface area contributed by atoms with Gasteiger partial charge in [-0.2, -0.15) is 0 Å². The molecule has 1 aliphatic carbocycles. The highest BCUT2D eigenvalue weighted by Gasteiger charge is 2.48. The molecule has 730 valence electrons. The number of rotatable bonds is 30. The largest absolute Gasteiger partial charge is 0.493 e. The lowest BCUT2D eigenvalue weighted by molar-refractivity contribution is 0.110. The van der Waals surface area contributed by atoms with E-state index in [-0.39, 0.29) is 86.5 Å². The van der Waals surface area contributed by atoms with Crippen LogP contribution in [0.5, 0.6) is 28.7 Å². The van der Waals surface area contributed by atoms with E-state index in [1.165, 1.54) is 19.3 Å². The van der Waals surface area contributed by atoms with Gasteiger partial charge in [0.25, 0.3) is 70.2 Å². The molecule has 7 aromatic carbocycles. The van der Waals surface area contributed by atoms with Crippen LogP contribution in [-0.2, 0) is 126 Å². The summed E-state index contributed by atoms with van der Waals surface area (Å²) in [5.74, 6) is 2.84. The van der Waals surface area contributed by atoms with Crippen molar-refractivity contribution in [2.75, 3.05) is 87.1 Å². The third-order valence-electron chi connectivity index (χ3n) is 21.3. The van der Waals surface area contributed by atoms with Crippen molar-refractivity contribution in [2.45, 2.75) is 158 Å². The van der Waals surface area contributed by atoms with Crippen molar-refractivity contribution in [3.05, 3.63) is 228 Å². The molecule has 7 heterocycles. The van der Waals surface area contributed by atoms with Crippen LogP contribution in [0.4, 0.5) is 0 Å². The summed E-state index contributed by atoms with van der Waals surface area (Å²) in [7, 11) is -18.7. The van der Waals surface area contributed by atoms with E-state index >= 15 is 0 Å². The number of ether oxygens (including phenoxy) is 7. The zero-order valence-corrected chi connectivity index (χ0v) is 82.4. The SMILES string of the molecule is CC(C)=CCOc1cccc2c1C(N)=NS(=O)(=O)C2.CC1(C)CC1c1cccc2c1C(N)=NS(=O)(=O)C2.CCCCCCCOc1cccc2c1C(N)=NS(=O)(=O)C2.CCOCCOc1cccc2c1C(N)=NS(=O)(=O)C2.CN(C)CCCOc1cccc2c1C(N)=NS(=O)(=O)C2.COCCCc1cccc2c1C(N)=NS(=O)(=O)C2.NCCCCOc1cccc2c1C(N)=NS(=O)(=O)C2. The first-order chi connectivity index (χ1) is 63.2. The van der Waals surface area contributed by atoms with E-state index in [0.29, 0.717) is 150 Å². The molecule has 1 atom stereocenters. The number of benzene rings is 7. The summed E-state index contributed by atoms with van der Waals surface area (Å²) >= 11 is 0. The summed E-state index contributed by atoms with van der Waals surface area (Å²) in [5.41, 5.74) is 58.6. The number of nitrogens with two attached hydrogens (primary N) is 8. The number of allylic oxidation sites excluding steroid dienone is 1. The van der Waals surface area contributed by atoms with Crippen LogP contribution in [0.15, 0.2) is 170 Å². The fraction of sp³-hybridized carbons (Fsp3) is 0.433. The summed E-state index contributed by atoms with van der Waals surface area (Å²) in [4.78, 5) is 2.08. The van der Waals surface area contributed by atoms with Gasteiger partial charge < -0.3 is 83.9 Å². The molecule has 7 aromatic rings. The van der Waals surface area contributed by atoms with Gasteiger partial charge in [-0.15, -0.1) is 30.8 Å². The Morgan fingerprint density at radius 2 is 0.687 bits per heavy atom. The van der Waals surface area contributed by atoms with Crippen LogP contribution in [0, 0.1) is 5.41 Å². The molecule has 0 bridgehead atoms. The van der Waals surface area contributed by atoms with Crippen LogP contribution < -0.4 is 69.6 Å². The van der Waals surface area contributed by atoms with Crippen molar-refractivity contribution >= 4 is 111 Å². The van der Waals surface area contributed by atoms with Gasteiger partial charge in [0.05, 0.1) is 94.5 Å². The molecule has 37 nitrogen and oxygen atoms in total. The molecule has 15 rings (SSSR count). The van der Waals surface area contributed by atoms with Gasteiger partial charge in [0.2, 0.25) is 0 Å². The molecule has 1 unspecified atom stereocenters. The van der Waals surface area contributed by atoms with Crippen LogP contribution >= 0.6 is 0 Å². The second-order valence-corrected chi connectivity index (χ2v) is 44.7. The van der Waals surface area contributed by atoms with Gasteiger partial charge in [0.1, 0.15) is 82.8 Å². The molecule has 0 spiro atoms. The quantitative estimate of drug-likeness (QED) is 0.0155. The van der Waals surface area contributed by atoms with E-state index in [9.17, 15) is 58.9 Å². The summed E-state index contributed by atoms with van der Waals surface area (Å²) < 4.78 is 225. The van der Waals surface area contributed by atoms with Crippen LogP contribution in [0.2, 0.25) is 0 Å². The Kier molecular flexibility index (Phi) is 37.8. The standard InChI is InChI=1S/C15H22N2O3S.C13H19N3O3S.C13H16N2O3S.C13H16N2O2S.C12H17N3O3S.C12H16N2O4S.C12H16N2O3S/c1-2-3-4-5-6-10-20-13-9-7-8-12-11-21(18,19)17-15(16)14(12)13;1-16(2)7-4-8-19-11-6-3-5-10-9-20(17,18)15-13(14)12(10)11;1-9(2)6-7-18-11-5-3-4-10-8-19(16,17)15-13(14)12(10)11;1-13(2)6-10(13)9-5-3-4-8-7-18(16,17)15-12(14)11(8)9;13-6-1-2-7-18-10-5-3-4-9-8-19(16,17)15-12(14)11(9)10;1-2-17-6-7-18-10-5-3-4-9-8-19(15,16)14-12(13)11(9)10;1-17-7-3-6-9-4-2-5-10-8-18(15,16)14-12(13)11(9)10/h7-9H,2-6,10-11H2,1H3,(H2,16,17);3,5-6H,4,7-9H2,1-2H3,(H2,14,15);3-6H,7-8H2,1-2H3,(H2,14,15);3-5,10H,6-7H2,1-2H3,(H2,14,15);3-5H,1-2,6-8,13H2,(H2,14,15);3-5H,2,6-8H2,1H3,(H2,13,14);2,4-5H,3,6-8H2,1H3,(H2,13,14). The molecule has 0 saturated heterocycles. The van der Waals surface area contributed by atoms with Crippen molar-refractivity contribution < 1.29 is 92.1 Å². The number of fused-ring (bicyclic) bond motifs is 7. The summed E-state index contributed by atoms with van der Waals surface area (Å²) in [5, 5.41) is 0. The van der Waals surface area contributed by atoms with Gasteiger partial charge >= 0.3 is 0 Å². The zero-order valence-electron chi connectivity index (χ0n) is 76.7. The first-order valence-corrected chi connectivity index (χ1v) is 54.6. The minimum atomic E-state index is -3.51. The monoisotopic (exact) mass is 1990 g/mol. The Morgan fingerprint density at radius 3 is 1.02 bits per heavy atom. The number of hydrogen-bond acceptors (Lipinski definition) is 30. The van der Waals surface area contributed by atoms with Gasteiger partial charge in [-0.25, -0.2) is 58.9 Å². The third kappa shape index (κ3) is 31.3. The lowest BCUT2D eigenvalue weighted by Gasteiger charge is -2.18. The smallest absolute Gasteiger partial charge is 0.259 e. The van der Waals surface area contributed by atoms with E-state index in [0.717, 1.165) is 96.9 Å². The predicted octanol–water partition coefficient (Wildman–Crippen LogP) is 8.30. The van der Waals surface area contributed by atoms with Crippen LogP contribution in [0.3, 0.4) is 0 Å². The molecule has 1 saturated carbocycles. The minimum Gasteiger partial charge on any atom is -0.493 e. The lowest BCUT2D eigenvalue weighted by Crippen LogP contribution is -2.25. The zero-order chi connectivity index (χ0) is 98.2. The normalized spacial score (nSPS) is 18.0. The summed E-state index contributed by atoms with van der Waals surface area (Å²) in [6, 6.07) is 37.7. The van der Waals surface area contributed by atoms with Crippen molar-refractivity contribution in [1.82, 2.24) is 4.90 Å². The van der Waals surface area contributed by atoms with Crippen LogP contribution in [0.1, 0.15) is 201 Å². The Labute approximate surface area is 786 Å². The summed E-state index contributed by atoms with van der Waals surface area (Å²) in [6.07, 6.45) is 13.1. The average Bonchev–Trinajstić information content (AvgIpc) is 1.58. The molecule has 1 fully saturated rings. The van der Waals surface area contributed by atoms with Crippen molar-refractivity contribution in [3.8, 4) is 28.7 Å². The van der Waals surface area contributed by atoms with E-state index < -0.39 is 70.2 Å². The second kappa shape index (κ2) is 47.5. The molecule has 44 heteroatoms. The maximum absolute atomic E-state index is 11.6. The summed E-state index contributed by atoms with van der Waals surface area (Å²) in [6.45, 7) is 18.2. The topological polar surface area (TPSA) is 602 Å². The van der Waals surface area contributed by atoms with Crippen molar-refractivity contribution in [3.63, 3.8) is 0 Å². The number of sulfonamides is 7. The molecule has 16 N–H and O–H groups in total. The molecular formula is C90H122N16O21S7. The lowest BCUT2D eigenvalue weighted by atomic mass is 9.94. The molecule has 7 aliphatic heterocycles. The number of methoxy groups -OCH3 is 1. The highest BCUT2D eigenvalue weighted by molar-refractivity contribution is 7.91. The molecule has 8 aliphatic rings. The third-order valence-corrected chi connectivity index (χ3v) is 29.3. The molecule has 0 aromatic heterocycles. The predicted molar refractivity (Wildman–Crippen MR) is 523 cm³/mol. The van der Waals surface area contributed by atoms with Gasteiger partial charge in [-0.3, -0.25) is 0 Å². The Balaban J connectivity index is 0.000000176. The van der Waals surface area contributed by atoms with Gasteiger partial charge in [0, 0.05) is 38.0 Å². The number of unbranched alkanes of at least 4 members (excludes halogenated alkanes) is 5. The Hall–Kier alpha value is -10.9. The second-order valence-electron chi connectivity index (χ2n) is 33.3. The average molecular weight is 1990 g/mol. The number of hydrogen-bond donors (Lipinski definition) is 8. The number of nitrogens with zero attached hydrogens (tertiary/aromatic N) is 8. The van der Waals surface area contributed by atoms with Gasteiger partial charge in [-0.1, -0.05) is 149 Å². The molecular weight excluding hydrogens is 1870 g/mol. The fourth-order valence-electron chi connectivity index (χ4n) is 15.1. The molecule has 0 amide bonds. The van der Waals surface area contributed by atoms with Gasteiger partial charge in [-0.05, 0) is 184 Å². The number of aryl methyl sites for hydroxylation is 1.